The minimum Gasteiger partial charge on any atom is -0.481 e. The molecule has 7 nitrogen and oxygen atoms in total. The van der Waals surface area contributed by atoms with Gasteiger partial charge in [-0.25, -0.2) is 4.98 Å². The highest BCUT2D eigenvalue weighted by atomic mass is 79.9. The van der Waals surface area contributed by atoms with Gasteiger partial charge in [0, 0.05) is 34.6 Å². The number of ether oxygens (including phenoxy) is 2. The summed E-state index contributed by atoms with van der Waals surface area (Å²) in [6, 6.07) is 11.3. The number of benzene rings is 1. The lowest BCUT2D eigenvalue weighted by molar-refractivity contribution is 0.362. The van der Waals surface area contributed by atoms with Crippen LogP contribution in [0.4, 0.5) is 11.6 Å². The van der Waals surface area contributed by atoms with Gasteiger partial charge in [-0.05, 0) is 30.3 Å². The summed E-state index contributed by atoms with van der Waals surface area (Å²) >= 11 is 4.78. The van der Waals surface area contributed by atoms with Crippen LogP contribution >= 0.6 is 27.7 Å². The summed E-state index contributed by atoms with van der Waals surface area (Å²) in [5.74, 6) is 1.95. The average molecular weight is 463 g/mol. The Morgan fingerprint density at radius 1 is 1.14 bits per heavy atom. The SMILES string of the molecule is COc1ccc(CSc2cnc(Nc3ccc(Br)cc3)n(C)c2=O)c(OC)n1. The van der Waals surface area contributed by atoms with Crippen LogP contribution in [0, 0.1) is 0 Å². The van der Waals surface area contributed by atoms with Crippen LogP contribution in [0.5, 0.6) is 11.8 Å². The van der Waals surface area contributed by atoms with Crippen LogP contribution in [0.15, 0.2) is 56.8 Å². The average Bonchev–Trinajstić information content (AvgIpc) is 2.72. The van der Waals surface area contributed by atoms with Crippen LogP contribution in [0.2, 0.25) is 0 Å². The van der Waals surface area contributed by atoms with E-state index in [1.54, 1.807) is 33.5 Å². The van der Waals surface area contributed by atoms with Crippen molar-refractivity contribution in [2.75, 3.05) is 19.5 Å². The van der Waals surface area contributed by atoms with Crippen molar-refractivity contribution in [3.05, 3.63) is 63.0 Å². The molecule has 0 radical (unpaired) electrons. The van der Waals surface area contributed by atoms with Crippen molar-refractivity contribution >= 4 is 39.3 Å². The molecular formula is C19H19BrN4O3S. The van der Waals surface area contributed by atoms with Crippen molar-refractivity contribution in [2.45, 2.75) is 10.6 Å². The highest BCUT2D eigenvalue weighted by Crippen LogP contribution is 2.27. The molecule has 0 spiro atoms. The number of methoxy groups -OCH3 is 2. The minimum atomic E-state index is -0.125. The molecule has 0 aliphatic heterocycles. The Morgan fingerprint density at radius 3 is 2.57 bits per heavy atom. The van der Waals surface area contributed by atoms with Crippen molar-refractivity contribution in [3.63, 3.8) is 0 Å². The smallest absolute Gasteiger partial charge is 0.268 e. The molecule has 0 bridgehead atoms. The first-order chi connectivity index (χ1) is 13.5. The largest absolute Gasteiger partial charge is 0.481 e. The molecule has 0 aliphatic rings. The fraction of sp³-hybridized carbons (Fsp3) is 0.211. The Labute approximate surface area is 175 Å². The van der Waals surface area contributed by atoms with Gasteiger partial charge < -0.3 is 14.8 Å². The fourth-order valence-electron chi connectivity index (χ4n) is 2.41. The summed E-state index contributed by atoms with van der Waals surface area (Å²) in [6.45, 7) is 0. The zero-order chi connectivity index (χ0) is 20.1. The molecule has 146 valence electrons. The number of nitrogens with one attached hydrogen (secondary N) is 1. The van der Waals surface area contributed by atoms with Gasteiger partial charge in [0.2, 0.25) is 17.7 Å². The zero-order valence-corrected chi connectivity index (χ0v) is 18.0. The number of hydrogen-bond donors (Lipinski definition) is 1. The van der Waals surface area contributed by atoms with Crippen molar-refractivity contribution < 1.29 is 9.47 Å². The maximum absolute atomic E-state index is 12.7. The summed E-state index contributed by atoms with van der Waals surface area (Å²) in [6.07, 6.45) is 1.58. The number of pyridine rings is 1. The first kappa shape index (κ1) is 20.2. The number of rotatable bonds is 7. The van der Waals surface area contributed by atoms with Gasteiger partial charge in [-0.2, -0.15) is 4.98 Å². The Hall–Kier alpha value is -2.52. The summed E-state index contributed by atoms with van der Waals surface area (Å²) in [5.41, 5.74) is 1.59. The predicted octanol–water partition coefficient (Wildman–Crippen LogP) is 3.99. The normalized spacial score (nSPS) is 10.6. The van der Waals surface area contributed by atoms with E-state index < -0.39 is 0 Å². The number of anilines is 2. The summed E-state index contributed by atoms with van der Waals surface area (Å²) in [5, 5.41) is 3.15. The predicted molar refractivity (Wildman–Crippen MR) is 114 cm³/mol. The molecule has 0 unspecified atom stereocenters. The van der Waals surface area contributed by atoms with E-state index in [4.69, 9.17) is 9.47 Å². The molecular weight excluding hydrogens is 444 g/mol. The molecule has 0 amide bonds. The van der Waals surface area contributed by atoms with Gasteiger partial charge >= 0.3 is 0 Å². The fourth-order valence-corrected chi connectivity index (χ4v) is 3.59. The van der Waals surface area contributed by atoms with Gasteiger partial charge in [-0.3, -0.25) is 9.36 Å². The van der Waals surface area contributed by atoms with Crippen molar-refractivity contribution in [1.82, 2.24) is 14.5 Å². The zero-order valence-electron chi connectivity index (χ0n) is 15.6. The molecule has 2 aromatic heterocycles. The van der Waals surface area contributed by atoms with Gasteiger partial charge in [0.25, 0.3) is 5.56 Å². The van der Waals surface area contributed by atoms with E-state index in [9.17, 15) is 4.79 Å². The number of nitrogens with zero attached hydrogens (tertiary/aromatic N) is 3. The Bertz CT molecular complexity index is 1020. The number of aromatic nitrogens is 3. The molecule has 9 heteroatoms. The van der Waals surface area contributed by atoms with E-state index in [-0.39, 0.29) is 5.56 Å². The van der Waals surface area contributed by atoms with E-state index in [0.29, 0.717) is 28.4 Å². The van der Waals surface area contributed by atoms with E-state index in [2.05, 4.69) is 31.2 Å². The quantitative estimate of drug-likeness (QED) is 0.531. The van der Waals surface area contributed by atoms with Gasteiger partial charge in [0.1, 0.15) is 0 Å². The van der Waals surface area contributed by atoms with E-state index in [0.717, 1.165) is 15.7 Å². The topological polar surface area (TPSA) is 78.3 Å². The molecule has 3 aromatic rings. The Morgan fingerprint density at radius 2 is 1.89 bits per heavy atom. The lowest BCUT2D eigenvalue weighted by atomic mass is 10.3. The van der Waals surface area contributed by atoms with Crippen LogP contribution in [0.1, 0.15) is 5.56 Å². The van der Waals surface area contributed by atoms with Crippen molar-refractivity contribution in [2.24, 2.45) is 7.05 Å². The molecule has 0 saturated carbocycles. The molecule has 0 saturated heterocycles. The lowest BCUT2D eigenvalue weighted by Crippen LogP contribution is -2.22. The van der Waals surface area contributed by atoms with Crippen molar-refractivity contribution in [1.29, 1.82) is 0 Å². The number of thioether (sulfide) groups is 1. The second-order valence-corrected chi connectivity index (χ2v) is 7.69. The maximum Gasteiger partial charge on any atom is 0.268 e. The van der Waals surface area contributed by atoms with Crippen LogP contribution in [0.3, 0.4) is 0 Å². The number of hydrogen-bond acceptors (Lipinski definition) is 7. The van der Waals surface area contributed by atoms with Crippen LogP contribution in [-0.4, -0.2) is 28.8 Å². The van der Waals surface area contributed by atoms with Crippen LogP contribution < -0.4 is 20.3 Å². The monoisotopic (exact) mass is 462 g/mol. The first-order valence-corrected chi connectivity index (χ1v) is 10.1. The second kappa shape index (κ2) is 9.11. The van der Waals surface area contributed by atoms with Gasteiger partial charge in [-0.1, -0.05) is 15.9 Å². The van der Waals surface area contributed by atoms with E-state index in [1.807, 2.05) is 30.3 Å². The van der Waals surface area contributed by atoms with Gasteiger partial charge in [0.15, 0.2) is 0 Å². The highest BCUT2D eigenvalue weighted by Gasteiger charge is 2.12. The Balaban J connectivity index is 1.76. The standard InChI is InChI=1S/C19H19BrN4O3S/c1-24-18(25)15(10-21-19(24)22-14-7-5-13(20)6-8-14)28-11-12-4-9-16(26-2)23-17(12)27-3/h4-10H,11H2,1-3H3,(H,21,22). The molecule has 0 aliphatic carbocycles. The number of halogens is 1. The lowest BCUT2D eigenvalue weighted by Gasteiger charge is -2.12. The van der Waals surface area contributed by atoms with Crippen LogP contribution in [0.25, 0.3) is 0 Å². The molecule has 0 atom stereocenters. The summed E-state index contributed by atoms with van der Waals surface area (Å²) in [7, 11) is 4.80. The molecule has 2 heterocycles. The van der Waals surface area contributed by atoms with E-state index in [1.165, 1.54) is 16.3 Å². The molecule has 3 rings (SSSR count). The molecule has 1 aromatic carbocycles. The highest BCUT2D eigenvalue weighted by molar-refractivity contribution is 9.10. The maximum atomic E-state index is 12.7. The molecule has 0 fully saturated rings. The third kappa shape index (κ3) is 4.66. The first-order valence-electron chi connectivity index (χ1n) is 8.31. The third-order valence-corrected chi connectivity index (χ3v) is 5.51. The van der Waals surface area contributed by atoms with Gasteiger partial charge in [-0.15, -0.1) is 11.8 Å². The molecule has 1 N–H and O–H groups in total. The third-order valence-electron chi connectivity index (χ3n) is 3.94. The summed E-state index contributed by atoms with van der Waals surface area (Å²) in [4.78, 5) is 21.9. The summed E-state index contributed by atoms with van der Waals surface area (Å²) < 4.78 is 12.9. The van der Waals surface area contributed by atoms with Gasteiger partial charge in [0.05, 0.1) is 25.3 Å². The molecule has 28 heavy (non-hydrogen) atoms. The van der Waals surface area contributed by atoms with E-state index >= 15 is 0 Å². The van der Waals surface area contributed by atoms with Crippen LogP contribution in [-0.2, 0) is 12.8 Å². The van der Waals surface area contributed by atoms with Crippen molar-refractivity contribution in [3.8, 4) is 11.8 Å². The minimum absolute atomic E-state index is 0.125. The Kier molecular flexibility index (Phi) is 6.58. The second-order valence-electron chi connectivity index (χ2n) is 5.75.